The molecule has 0 atom stereocenters. The molecule has 0 aliphatic heterocycles. The largest absolute Gasteiger partial charge is 0.507 e. The maximum Gasteiger partial charge on any atom is 0.351 e. The highest BCUT2D eigenvalue weighted by atomic mass is 16.5. The fraction of sp³-hybridized carbons (Fsp3) is 0.120. The quantitative estimate of drug-likeness (QED) is 0.241. The van der Waals surface area contributed by atoms with Gasteiger partial charge in [0.25, 0.3) is 0 Å². The molecule has 0 aromatic heterocycles. The number of benzene rings is 3. The summed E-state index contributed by atoms with van der Waals surface area (Å²) in [6.07, 6.45) is 2.85. The third kappa shape index (κ3) is 4.89. The van der Waals surface area contributed by atoms with Gasteiger partial charge in [-0.3, -0.25) is 4.79 Å². The van der Waals surface area contributed by atoms with Crippen LogP contribution in [0.25, 0.3) is 6.08 Å². The summed E-state index contributed by atoms with van der Waals surface area (Å²) in [5, 5.41) is 10.5. The molecular formula is C25H22O7. The highest BCUT2D eigenvalue weighted by Gasteiger charge is 2.29. The number of hydrogen-bond acceptors (Lipinski definition) is 7. The number of phenolic OH excluding ortho intramolecular Hbond substituents is 1. The number of allylic oxidation sites excluding steroid dienone is 1. The number of ether oxygens (including phenoxy) is 4. The first kappa shape index (κ1) is 22.4. The molecule has 7 heteroatoms. The van der Waals surface area contributed by atoms with E-state index in [2.05, 4.69) is 0 Å². The summed E-state index contributed by atoms with van der Waals surface area (Å²) in [4.78, 5) is 25.8. The van der Waals surface area contributed by atoms with Crippen LogP contribution in [0.4, 0.5) is 0 Å². The normalized spacial score (nSPS) is 10.6. The molecule has 0 unspecified atom stereocenters. The molecule has 0 bridgehead atoms. The van der Waals surface area contributed by atoms with Crippen LogP contribution in [0.2, 0.25) is 0 Å². The summed E-state index contributed by atoms with van der Waals surface area (Å²) in [6, 6.07) is 16.7. The lowest BCUT2D eigenvalue weighted by molar-refractivity contribution is 0.0727. The standard InChI is InChI=1S/C25H22O7/c1-29-17-12-9-16(10-13-17)11-14-19(26)22-20(27)15-21(30-2)23(24(22)31-3)25(28)32-18-7-5-4-6-8-18/h4-15,27H,1-3H3. The Kier molecular flexibility index (Phi) is 7.13. The first-order valence-corrected chi connectivity index (χ1v) is 9.60. The number of aromatic hydroxyl groups is 1. The zero-order chi connectivity index (χ0) is 23.1. The summed E-state index contributed by atoms with van der Waals surface area (Å²) < 4.78 is 21.1. The van der Waals surface area contributed by atoms with Crippen LogP contribution in [-0.4, -0.2) is 38.2 Å². The molecule has 1 N–H and O–H groups in total. The smallest absolute Gasteiger partial charge is 0.351 e. The van der Waals surface area contributed by atoms with Gasteiger partial charge in [0.1, 0.15) is 34.1 Å². The Balaban J connectivity index is 1.99. The van der Waals surface area contributed by atoms with Crippen molar-refractivity contribution in [3.05, 3.63) is 83.4 Å². The van der Waals surface area contributed by atoms with Gasteiger partial charge in [-0.1, -0.05) is 36.4 Å². The maximum atomic E-state index is 12.9. The van der Waals surface area contributed by atoms with Crippen LogP contribution in [0.1, 0.15) is 26.3 Å². The van der Waals surface area contributed by atoms with Crippen LogP contribution < -0.4 is 18.9 Å². The molecule has 0 saturated heterocycles. The number of hydrogen-bond donors (Lipinski definition) is 1. The van der Waals surface area contributed by atoms with Gasteiger partial charge < -0.3 is 24.1 Å². The van der Waals surface area contributed by atoms with Crippen molar-refractivity contribution in [2.75, 3.05) is 21.3 Å². The molecule has 3 aromatic rings. The van der Waals surface area contributed by atoms with Crippen LogP contribution in [0.5, 0.6) is 28.7 Å². The lowest BCUT2D eigenvalue weighted by atomic mass is 10.0. The lowest BCUT2D eigenvalue weighted by Gasteiger charge is -2.16. The van der Waals surface area contributed by atoms with E-state index in [0.29, 0.717) is 11.5 Å². The number of ketones is 1. The molecule has 3 rings (SSSR count). The van der Waals surface area contributed by atoms with Gasteiger partial charge in [0.15, 0.2) is 11.5 Å². The van der Waals surface area contributed by atoms with E-state index in [1.165, 1.54) is 26.4 Å². The van der Waals surface area contributed by atoms with Gasteiger partial charge in [-0.2, -0.15) is 0 Å². The molecule has 3 aromatic carbocycles. The number of carbonyl (C=O) groups is 2. The van der Waals surface area contributed by atoms with Crippen molar-refractivity contribution in [1.82, 2.24) is 0 Å². The molecular weight excluding hydrogens is 412 g/mol. The molecule has 0 heterocycles. The molecule has 0 fully saturated rings. The number of phenols is 1. The van der Waals surface area contributed by atoms with E-state index in [0.717, 1.165) is 5.56 Å². The monoisotopic (exact) mass is 434 g/mol. The summed E-state index contributed by atoms with van der Waals surface area (Å²) in [5.41, 5.74) is 0.450. The fourth-order valence-electron chi connectivity index (χ4n) is 3.04. The molecule has 7 nitrogen and oxygen atoms in total. The Labute approximate surface area is 185 Å². The summed E-state index contributed by atoms with van der Waals surface area (Å²) >= 11 is 0. The maximum absolute atomic E-state index is 12.9. The second-order valence-electron chi connectivity index (χ2n) is 6.55. The number of esters is 1. The molecule has 164 valence electrons. The summed E-state index contributed by atoms with van der Waals surface area (Å²) in [6.45, 7) is 0. The highest BCUT2D eigenvalue weighted by Crippen LogP contribution is 2.40. The van der Waals surface area contributed by atoms with Crippen molar-refractivity contribution in [1.29, 1.82) is 0 Å². The number of para-hydroxylation sites is 1. The predicted molar refractivity (Wildman–Crippen MR) is 119 cm³/mol. The zero-order valence-corrected chi connectivity index (χ0v) is 17.8. The van der Waals surface area contributed by atoms with Crippen molar-refractivity contribution in [2.45, 2.75) is 0 Å². The summed E-state index contributed by atoms with van der Waals surface area (Å²) in [5.74, 6) is -0.890. The Morgan fingerprint density at radius 3 is 2.09 bits per heavy atom. The fourth-order valence-corrected chi connectivity index (χ4v) is 3.04. The van der Waals surface area contributed by atoms with Crippen LogP contribution in [0.15, 0.2) is 66.7 Å². The van der Waals surface area contributed by atoms with Crippen LogP contribution in [-0.2, 0) is 0 Å². The van der Waals surface area contributed by atoms with Crippen molar-refractivity contribution >= 4 is 17.8 Å². The van der Waals surface area contributed by atoms with E-state index in [4.69, 9.17) is 18.9 Å². The zero-order valence-electron chi connectivity index (χ0n) is 17.8. The van der Waals surface area contributed by atoms with Gasteiger partial charge in [0, 0.05) is 6.07 Å². The Bertz CT molecular complexity index is 1130. The van der Waals surface area contributed by atoms with Gasteiger partial charge in [-0.25, -0.2) is 4.79 Å². The van der Waals surface area contributed by atoms with E-state index in [-0.39, 0.29) is 28.4 Å². The number of methoxy groups -OCH3 is 3. The van der Waals surface area contributed by atoms with E-state index in [1.807, 2.05) is 0 Å². The number of carbonyl (C=O) groups excluding carboxylic acids is 2. The number of rotatable bonds is 8. The van der Waals surface area contributed by atoms with Gasteiger partial charge >= 0.3 is 5.97 Å². The Hall–Kier alpha value is -4.26. The van der Waals surface area contributed by atoms with Gasteiger partial charge in [0.2, 0.25) is 0 Å². The van der Waals surface area contributed by atoms with Gasteiger partial charge in [0.05, 0.1) is 21.3 Å². The van der Waals surface area contributed by atoms with Crippen molar-refractivity contribution in [3.8, 4) is 28.7 Å². The molecule has 32 heavy (non-hydrogen) atoms. The first-order valence-electron chi connectivity index (χ1n) is 9.60. The van der Waals surface area contributed by atoms with Crippen molar-refractivity contribution < 1.29 is 33.6 Å². The third-order valence-corrected chi connectivity index (χ3v) is 4.60. The minimum absolute atomic E-state index is 0.0102. The lowest BCUT2D eigenvalue weighted by Crippen LogP contribution is -2.14. The minimum Gasteiger partial charge on any atom is -0.507 e. The topological polar surface area (TPSA) is 91.3 Å². The first-order chi connectivity index (χ1) is 15.5. The van der Waals surface area contributed by atoms with Crippen molar-refractivity contribution in [2.24, 2.45) is 0 Å². The molecule has 0 aliphatic carbocycles. The molecule has 0 radical (unpaired) electrons. The van der Waals surface area contributed by atoms with E-state index in [1.54, 1.807) is 67.8 Å². The summed E-state index contributed by atoms with van der Waals surface area (Å²) in [7, 11) is 4.18. The average Bonchev–Trinajstić information content (AvgIpc) is 2.82. The van der Waals surface area contributed by atoms with Gasteiger partial charge in [-0.15, -0.1) is 0 Å². The second-order valence-corrected chi connectivity index (χ2v) is 6.55. The van der Waals surface area contributed by atoms with E-state index < -0.39 is 11.8 Å². The molecule has 0 amide bonds. The van der Waals surface area contributed by atoms with Crippen LogP contribution in [0.3, 0.4) is 0 Å². The Morgan fingerprint density at radius 1 is 0.812 bits per heavy atom. The molecule has 0 spiro atoms. The second kappa shape index (κ2) is 10.2. The average molecular weight is 434 g/mol. The highest BCUT2D eigenvalue weighted by molar-refractivity contribution is 6.13. The minimum atomic E-state index is -0.793. The van der Waals surface area contributed by atoms with E-state index >= 15 is 0 Å². The van der Waals surface area contributed by atoms with Crippen LogP contribution in [0, 0.1) is 0 Å². The van der Waals surface area contributed by atoms with E-state index in [9.17, 15) is 14.7 Å². The molecule has 0 saturated carbocycles. The molecule has 0 aliphatic rings. The third-order valence-electron chi connectivity index (χ3n) is 4.60. The SMILES string of the molecule is COc1ccc(C=CC(=O)c2c(O)cc(OC)c(C(=O)Oc3ccccc3)c2OC)cc1. The van der Waals surface area contributed by atoms with Crippen molar-refractivity contribution in [3.63, 3.8) is 0 Å². The van der Waals surface area contributed by atoms with Crippen LogP contribution >= 0.6 is 0 Å². The predicted octanol–water partition coefficient (Wildman–Crippen LogP) is 4.53. The van der Waals surface area contributed by atoms with Gasteiger partial charge in [-0.05, 0) is 35.9 Å². The Morgan fingerprint density at radius 2 is 1.50 bits per heavy atom.